The standard InChI is InChI=1S/C15H12BrN3O/c16-13-5-12(6-14(18)7-13)15(20)19-9-11-3-1-10(8-17)2-4-11/h1-7H,9,18H2,(H,19,20). The molecule has 0 bridgehead atoms. The summed E-state index contributed by atoms with van der Waals surface area (Å²) >= 11 is 3.30. The van der Waals surface area contributed by atoms with Crippen molar-refractivity contribution in [2.24, 2.45) is 0 Å². The van der Waals surface area contributed by atoms with Crippen molar-refractivity contribution in [3.8, 4) is 6.07 Å². The van der Waals surface area contributed by atoms with Crippen molar-refractivity contribution >= 4 is 27.5 Å². The van der Waals surface area contributed by atoms with E-state index in [0.717, 1.165) is 10.0 Å². The van der Waals surface area contributed by atoms with Crippen molar-refractivity contribution in [2.45, 2.75) is 6.54 Å². The van der Waals surface area contributed by atoms with E-state index >= 15 is 0 Å². The highest BCUT2D eigenvalue weighted by Crippen LogP contribution is 2.17. The first-order valence-corrected chi connectivity index (χ1v) is 6.71. The Morgan fingerprint density at radius 2 is 1.95 bits per heavy atom. The molecule has 0 atom stereocenters. The zero-order valence-electron chi connectivity index (χ0n) is 10.6. The first kappa shape index (κ1) is 14.1. The van der Waals surface area contributed by atoms with Crippen molar-refractivity contribution in [3.63, 3.8) is 0 Å². The number of halogens is 1. The summed E-state index contributed by atoms with van der Waals surface area (Å²) in [5.74, 6) is -0.192. The minimum Gasteiger partial charge on any atom is -0.399 e. The highest BCUT2D eigenvalue weighted by molar-refractivity contribution is 9.10. The van der Waals surface area contributed by atoms with Crippen molar-refractivity contribution in [1.29, 1.82) is 5.26 Å². The highest BCUT2D eigenvalue weighted by Gasteiger charge is 2.07. The molecule has 0 unspecified atom stereocenters. The number of carbonyl (C=O) groups is 1. The van der Waals surface area contributed by atoms with Crippen molar-refractivity contribution in [3.05, 3.63) is 63.6 Å². The van der Waals surface area contributed by atoms with Crippen molar-refractivity contribution in [2.75, 3.05) is 5.73 Å². The van der Waals surface area contributed by atoms with Gasteiger partial charge in [-0.2, -0.15) is 5.26 Å². The summed E-state index contributed by atoms with van der Waals surface area (Å²) < 4.78 is 0.765. The molecule has 0 saturated carbocycles. The molecule has 4 nitrogen and oxygen atoms in total. The van der Waals surface area contributed by atoms with Gasteiger partial charge in [-0.25, -0.2) is 0 Å². The van der Waals surface area contributed by atoms with Crippen molar-refractivity contribution in [1.82, 2.24) is 5.32 Å². The van der Waals surface area contributed by atoms with E-state index in [-0.39, 0.29) is 5.91 Å². The molecule has 2 aromatic rings. The molecule has 0 spiro atoms. The molecule has 0 radical (unpaired) electrons. The molecular weight excluding hydrogens is 318 g/mol. The molecule has 100 valence electrons. The van der Waals surface area contributed by atoms with Gasteiger partial charge in [0, 0.05) is 22.3 Å². The van der Waals surface area contributed by atoms with Crippen molar-refractivity contribution < 1.29 is 4.79 Å². The van der Waals surface area contributed by atoms with Gasteiger partial charge in [0.2, 0.25) is 0 Å². The average Bonchev–Trinajstić information content (AvgIpc) is 2.44. The van der Waals surface area contributed by atoms with E-state index in [4.69, 9.17) is 11.0 Å². The molecule has 0 heterocycles. The normalized spacial score (nSPS) is 9.80. The molecule has 20 heavy (non-hydrogen) atoms. The number of nitrogen functional groups attached to an aromatic ring is 1. The summed E-state index contributed by atoms with van der Waals surface area (Å²) in [4.78, 5) is 12.0. The number of hydrogen-bond donors (Lipinski definition) is 2. The number of nitrogens with two attached hydrogens (primary N) is 1. The third-order valence-electron chi connectivity index (χ3n) is 2.72. The Kier molecular flexibility index (Phi) is 4.38. The van der Waals surface area contributed by atoms with Crippen LogP contribution in [0, 0.1) is 11.3 Å². The molecule has 0 fully saturated rings. The lowest BCUT2D eigenvalue weighted by atomic mass is 10.1. The van der Waals surface area contributed by atoms with Gasteiger partial charge in [-0.15, -0.1) is 0 Å². The van der Waals surface area contributed by atoms with Crippen LogP contribution in [-0.4, -0.2) is 5.91 Å². The van der Waals surface area contributed by atoms with Gasteiger partial charge in [0.05, 0.1) is 11.6 Å². The first-order valence-electron chi connectivity index (χ1n) is 5.92. The Hall–Kier alpha value is -2.32. The van der Waals surface area contributed by atoms with Gasteiger partial charge in [-0.3, -0.25) is 4.79 Å². The molecule has 3 N–H and O–H groups in total. The Labute approximate surface area is 125 Å². The Balaban J connectivity index is 2.02. The second kappa shape index (κ2) is 6.22. The van der Waals surface area contributed by atoms with E-state index in [1.165, 1.54) is 0 Å². The lowest BCUT2D eigenvalue weighted by Gasteiger charge is -2.07. The van der Waals surface area contributed by atoms with Gasteiger partial charge in [-0.1, -0.05) is 28.1 Å². The Morgan fingerprint density at radius 1 is 1.25 bits per heavy atom. The summed E-state index contributed by atoms with van der Waals surface area (Å²) in [7, 11) is 0. The molecule has 0 aliphatic heterocycles. The Morgan fingerprint density at radius 3 is 2.55 bits per heavy atom. The van der Waals surface area contributed by atoms with Gasteiger partial charge in [0.15, 0.2) is 0 Å². The van der Waals surface area contributed by atoms with Gasteiger partial charge in [-0.05, 0) is 35.9 Å². The lowest BCUT2D eigenvalue weighted by molar-refractivity contribution is 0.0951. The zero-order valence-corrected chi connectivity index (χ0v) is 12.1. The SMILES string of the molecule is N#Cc1ccc(CNC(=O)c2cc(N)cc(Br)c2)cc1. The maximum Gasteiger partial charge on any atom is 0.251 e. The van der Waals surface area contributed by atoms with Crippen LogP contribution >= 0.6 is 15.9 Å². The molecule has 0 aliphatic carbocycles. The lowest BCUT2D eigenvalue weighted by Crippen LogP contribution is -2.22. The van der Waals surface area contributed by atoms with E-state index in [9.17, 15) is 4.79 Å². The number of amides is 1. The number of anilines is 1. The van der Waals surface area contributed by atoms with E-state index < -0.39 is 0 Å². The van der Waals surface area contributed by atoms with Crippen LogP contribution in [0.3, 0.4) is 0 Å². The minimum absolute atomic E-state index is 0.192. The monoisotopic (exact) mass is 329 g/mol. The van der Waals surface area contributed by atoms with Crippen LogP contribution in [-0.2, 0) is 6.54 Å². The predicted molar refractivity (Wildman–Crippen MR) is 80.9 cm³/mol. The number of nitriles is 1. The fourth-order valence-corrected chi connectivity index (χ4v) is 2.24. The molecule has 0 saturated heterocycles. The second-order valence-electron chi connectivity index (χ2n) is 4.26. The van der Waals surface area contributed by atoms with Crippen LogP contribution in [0.4, 0.5) is 5.69 Å². The predicted octanol–water partition coefficient (Wildman–Crippen LogP) is 2.83. The van der Waals surface area contributed by atoms with E-state index in [1.54, 1.807) is 30.3 Å². The van der Waals surface area contributed by atoms with Crippen LogP contribution in [0.5, 0.6) is 0 Å². The highest BCUT2D eigenvalue weighted by atomic mass is 79.9. The molecule has 2 rings (SSSR count). The number of benzene rings is 2. The number of nitrogens with one attached hydrogen (secondary N) is 1. The summed E-state index contributed by atoms with van der Waals surface area (Å²) in [5, 5.41) is 11.5. The summed E-state index contributed by atoms with van der Waals surface area (Å²) in [6.07, 6.45) is 0. The molecule has 1 amide bonds. The maximum absolute atomic E-state index is 12.0. The molecule has 0 aromatic heterocycles. The molecule has 5 heteroatoms. The molecule has 0 aliphatic rings. The van der Waals surface area contributed by atoms with Crippen LogP contribution in [0.2, 0.25) is 0 Å². The van der Waals surface area contributed by atoms with Crippen LogP contribution in [0.15, 0.2) is 46.9 Å². The fraction of sp³-hybridized carbons (Fsp3) is 0.0667. The third-order valence-corrected chi connectivity index (χ3v) is 3.18. The number of rotatable bonds is 3. The largest absolute Gasteiger partial charge is 0.399 e. The maximum atomic E-state index is 12.0. The second-order valence-corrected chi connectivity index (χ2v) is 5.18. The first-order chi connectivity index (χ1) is 9.58. The zero-order chi connectivity index (χ0) is 14.5. The van der Waals surface area contributed by atoms with E-state index in [1.807, 2.05) is 12.1 Å². The third kappa shape index (κ3) is 3.59. The van der Waals surface area contributed by atoms with Gasteiger partial charge < -0.3 is 11.1 Å². The molecule has 2 aromatic carbocycles. The van der Waals surface area contributed by atoms with Gasteiger partial charge in [0.1, 0.15) is 0 Å². The minimum atomic E-state index is -0.192. The number of nitrogens with zero attached hydrogens (tertiary/aromatic N) is 1. The van der Waals surface area contributed by atoms with E-state index in [2.05, 4.69) is 27.3 Å². The Bertz CT molecular complexity index is 654. The van der Waals surface area contributed by atoms with Crippen LogP contribution in [0.25, 0.3) is 0 Å². The van der Waals surface area contributed by atoms with Gasteiger partial charge >= 0.3 is 0 Å². The van der Waals surface area contributed by atoms with Crippen LogP contribution < -0.4 is 11.1 Å². The summed E-state index contributed by atoms with van der Waals surface area (Å²) in [6.45, 7) is 0.400. The number of hydrogen-bond acceptors (Lipinski definition) is 3. The van der Waals surface area contributed by atoms with E-state index in [0.29, 0.717) is 23.4 Å². The smallest absolute Gasteiger partial charge is 0.251 e. The number of carbonyl (C=O) groups excluding carboxylic acids is 1. The summed E-state index contributed by atoms with van der Waals surface area (Å²) in [5.41, 5.74) is 8.26. The molecular formula is C15H12BrN3O. The average molecular weight is 330 g/mol. The van der Waals surface area contributed by atoms with Crippen LogP contribution in [0.1, 0.15) is 21.5 Å². The van der Waals surface area contributed by atoms with Gasteiger partial charge in [0.25, 0.3) is 5.91 Å². The quantitative estimate of drug-likeness (QED) is 0.850. The fourth-order valence-electron chi connectivity index (χ4n) is 1.72. The topological polar surface area (TPSA) is 78.9 Å². The summed E-state index contributed by atoms with van der Waals surface area (Å²) in [6, 6.07) is 14.2.